The molecule has 7 nitrogen and oxygen atoms in total. The third kappa shape index (κ3) is 4.24. The van der Waals surface area contributed by atoms with E-state index in [1.165, 1.54) is 12.8 Å². The summed E-state index contributed by atoms with van der Waals surface area (Å²) in [7, 11) is 0. The van der Waals surface area contributed by atoms with Crippen LogP contribution < -0.4 is 10.2 Å². The lowest BCUT2D eigenvalue weighted by molar-refractivity contribution is -0.125. The second-order valence-electron chi connectivity index (χ2n) is 7.85. The first-order valence-electron chi connectivity index (χ1n) is 10.4. The first-order valence-corrected chi connectivity index (χ1v) is 10.4. The number of carbonyl (C=O) groups excluding carboxylic acids is 1. The van der Waals surface area contributed by atoms with E-state index in [0.717, 1.165) is 82.4 Å². The van der Waals surface area contributed by atoms with Gasteiger partial charge in [-0.2, -0.15) is 0 Å². The lowest BCUT2D eigenvalue weighted by Gasteiger charge is -2.29. The summed E-state index contributed by atoms with van der Waals surface area (Å²) < 4.78 is 5.40. The first kappa shape index (κ1) is 18.6. The fraction of sp³-hybridized carbons (Fsp3) is 0.750. The van der Waals surface area contributed by atoms with Crippen molar-refractivity contribution in [1.82, 2.24) is 20.2 Å². The Bertz CT molecular complexity index is 662. The van der Waals surface area contributed by atoms with Gasteiger partial charge in [-0.15, -0.1) is 0 Å². The first-order chi connectivity index (χ1) is 13.2. The van der Waals surface area contributed by atoms with Gasteiger partial charge >= 0.3 is 0 Å². The standard InChI is InChI=1S/C20H31N5O2/c1-2-24-7-3-4-17(24)14-21-19(26)15-5-6-18-16(12-15)13-22-20(23-18)25-8-10-27-11-9-25/h13,15,17H,2-12,14H2,1H3,(H,21,26)/t15-,17+/m1/s1. The zero-order valence-electron chi connectivity index (χ0n) is 16.3. The molecule has 0 spiro atoms. The number of fused-ring (bicyclic) bond motifs is 1. The van der Waals surface area contributed by atoms with Gasteiger partial charge in [0.05, 0.1) is 13.2 Å². The molecule has 0 aromatic carbocycles. The molecule has 2 saturated heterocycles. The molecule has 1 amide bonds. The van der Waals surface area contributed by atoms with Crippen LogP contribution in [0.3, 0.4) is 0 Å². The SMILES string of the molecule is CCN1CCC[C@H]1CNC(=O)[C@@H]1CCc2nc(N3CCOCC3)ncc2C1. The summed E-state index contributed by atoms with van der Waals surface area (Å²) in [5.41, 5.74) is 2.25. The molecule has 1 aliphatic carbocycles. The van der Waals surface area contributed by atoms with Crippen LogP contribution in [0.2, 0.25) is 0 Å². The minimum Gasteiger partial charge on any atom is -0.378 e. The Balaban J connectivity index is 1.33. The number of likely N-dealkylation sites (tertiary alicyclic amines) is 1. The van der Waals surface area contributed by atoms with Gasteiger partial charge < -0.3 is 15.0 Å². The van der Waals surface area contributed by atoms with Crippen molar-refractivity contribution >= 4 is 11.9 Å². The molecule has 1 aromatic rings. The van der Waals surface area contributed by atoms with E-state index < -0.39 is 0 Å². The van der Waals surface area contributed by atoms with Gasteiger partial charge in [0.15, 0.2) is 0 Å². The lowest BCUT2D eigenvalue weighted by Crippen LogP contribution is -2.43. The number of nitrogens with one attached hydrogen (secondary N) is 1. The van der Waals surface area contributed by atoms with Gasteiger partial charge in [0, 0.05) is 43.5 Å². The zero-order valence-corrected chi connectivity index (χ0v) is 16.3. The van der Waals surface area contributed by atoms with E-state index in [4.69, 9.17) is 9.72 Å². The maximum absolute atomic E-state index is 12.7. The molecule has 0 unspecified atom stereocenters. The third-order valence-corrected chi connectivity index (χ3v) is 6.22. The van der Waals surface area contributed by atoms with Crippen LogP contribution in [0.4, 0.5) is 5.95 Å². The molecular formula is C20H31N5O2. The van der Waals surface area contributed by atoms with Crippen molar-refractivity contribution in [1.29, 1.82) is 0 Å². The van der Waals surface area contributed by atoms with Crippen LogP contribution in [0, 0.1) is 5.92 Å². The zero-order chi connectivity index (χ0) is 18.6. The quantitative estimate of drug-likeness (QED) is 0.831. The number of amides is 1. The number of ether oxygens (including phenoxy) is 1. The number of hydrogen-bond acceptors (Lipinski definition) is 6. The topological polar surface area (TPSA) is 70.6 Å². The molecule has 4 rings (SSSR count). The Hall–Kier alpha value is -1.73. The number of carbonyl (C=O) groups is 1. The van der Waals surface area contributed by atoms with E-state index in [9.17, 15) is 4.79 Å². The van der Waals surface area contributed by atoms with E-state index >= 15 is 0 Å². The number of hydrogen-bond donors (Lipinski definition) is 1. The molecule has 3 aliphatic rings. The molecule has 2 fully saturated rings. The summed E-state index contributed by atoms with van der Waals surface area (Å²) in [6.07, 6.45) is 6.86. The largest absolute Gasteiger partial charge is 0.378 e. The Labute approximate surface area is 161 Å². The van der Waals surface area contributed by atoms with E-state index in [2.05, 4.69) is 27.0 Å². The minimum absolute atomic E-state index is 0.0480. The average molecular weight is 374 g/mol. The van der Waals surface area contributed by atoms with Crippen molar-refractivity contribution in [2.75, 3.05) is 50.8 Å². The van der Waals surface area contributed by atoms with Crippen LogP contribution in [-0.2, 0) is 22.4 Å². The Kier molecular flexibility index (Phi) is 5.88. The van der Waals surface area contributed by atoms with E-state index in [1.807, 2.05) is 6.20 Å². The molecule has 0 saturated carbocycles. The van der Waals surface area contributed by atoms with Crippen molar-refractivity contribution in [3.05, 3.63) is 17.5 Å². The maximum Gasteiger partial charge on any atom is 0.225 e. The fourth-order valence-corrected chi connectivity index (χ4v) is 4.54. The summed E-state index contributed by atoms with van der Waals surface area (Å²) in [5, 5.41) is 3.21. The predicted molar refractivity (Wildman–Crippen MR) is 104 cm³/mol. The molecule has 148 valence electrons. The monoisotopic (exact) mass is 373 g/mol. The minimum atomic E-state index is 0.0480. The smallest absolute Gasteiger partial charge is 0.225 e. The van der Waals surface area contributed by atoms with Crippen LogP contribution in [0.15, 0.2) is 6.20 Å². The van der Waals surface area contributed by atoms with Gasteiger partial charge in [-0.25, -0.2) is 9.97 Å². The van der Waals surface area contributed by atoms with Crippen molar-refractivity contribution in [3.8, 4) is 0 Å². The number of nitrogens with zero attached hydrogens (tertiary/aromatic N) is 4. The third-order valence-electron chi connectivity index (χ3n) is 6.22. The number of morpholine rings is 1. The molecule has 27 heavy (non-hydrogen) atoms. The second-order valence-corrected chi connectivity index (χ2v) is 7.85. The number of aryl methyl sites for hydroxylation is 1. The Morgan fingerprint density at radius 3 is 2.96 bits per heavy atom. The van der Waals surface area contributed by atoms with E-state index in [1.54, 1.807) is 0 Å². The molecule has 2 atom stereocenters. The van der Waals surface area contributed by atoms with E-state index in [-0.39, 0.29) is 11.8 Å². The van der Waals surface area contributed by atoms with Crippen LogP contribution in [0.5, 0.6) is 0 Å². The van der Waals surface area contributed by atoms with Gasteiger partial charge in [-0.05, 0) is 50.8 Å². The van der Waals surface area contributed by atoms with Crippen LogP contribution in [0.1, 0.15) is 37.4 Å². The molecule has 0 bridgehead atoms. The summed E-state index contributed by atoms with van der Waals surface area (Å²) in [6, 6.07) is 0.509. The predicted octanol–water partition coefficient (Wildman–Crippen LogP) is 1.02. The molecule has 7 heteroatoms. The van der Waals surface area contributed by atoms with E-state index in [0.29, 0.717) is 6.04 Å². The van der Waals surface area contributed by atoms with Crippen molar-refractivity contribution < 1.29 is 9.53 Å². The Morgan fingerprint density at radius 1 is 1.30 bits per heavy atom. The number of rotatable bonds is 5. The molecular weight excluding hydrogens is 342 g/mol. The van der Waals surface area contributed by atoms with Crippen molar-refractivity contribution in [2.45, 2.75) is 45.1 Å². The number of anilines is 1. The summed E-state index contributed by atoms with van der Waals surface area (Å²) in [4.78, 5) is 26.7. The highest BCUT2D eigenvalue weighted by Gasteiger charge is 2.29. The van der Waals surface area contributed by atoms with Gasteiger partial charge in [0.2, 0.25) is 11.9 Å². The Morgan fingerprint density at radius 2 is 2.15 bits per heavy atom. The highest BCUT2D eigenvalue weighted by atomic mass is 16.5. The lowest BCUT2D eigenvalue weighted by atomic mass is 9.86. The summed E-state index contributed by atoms with van der Waals surface area (Å²) >= 11 is 0. The van der Waals surface area contributed by atoms with Crippen LogP contribution in [0.25, 0.3) is 0 Å². The number of likely N-dealkylation sites (N-methyl/N-ethyl adjacent to an activating group) is 1. The number of aromatic nitrogens is 2. The van der Waals surface area contributed by atoms with Gasteiger partial charge in [0.1, 0.15) is 0 Å². The van der Waals surface area contributed by atoms with Gasteiger partial charge in [-0.1, -0.05) is 6.92 Å². The molecule has 1 N–H and O–H groups in total. The second kappa shape index (κ2) is 8.52. The summed E-state index contributed by atoms with van der Waals surface area (Å²) in [6.45, 7) is 8.38. The van der Waals surface area contributed by atoms with Crippen molar-refractivity contribution in [2.24, 2.45) is 5.92 Å². The maximum atomic E-state index is 12.7. The molecule has 2 aliphatic heterocycles. The fourth-order valence-electron chi connectivity index (χ4n) is 4.54. The normalized spacial score (nSPS) is 26.0. The highest BCUT2D eigenvalue weighted by Crippen LogP contribution is 2.26. The van der Waals surface area contributed by atoms with Crippen LogP contribution >= 0.6 is 0 Å². The summed E-state index contributed by atoms with van der Waals surface area (Å²) in [5.74, 6) is 1.05. The van der Waals surface area contributed by atoms with Crippen molar-refractivity contribution in [3.63, 3.8) is 0 Å². The van der Waals surface area contributed by atoms with Crippen LogP contribution in [-0.4, -0.2) is 72.8 Å². The molecule has 3 heterocycles. The highest BCUT2D eigenvalue weighted by molar-refractivity contribution is 5.79. The molecule has 0 radical (unpaired) electrons. The molecule has 1 aromatic heterocycles. The van der Waals surface area contributed by atoms with Gasteiger partial charge in [0.25, 0.3) is 0 Å². The average Bonchev–Trinajstić information content (AvgIpc) is 3.19. The van der Waals surface area contributed by atoms with Gasteiger partial charge in [-0.3, -0.25) is 9.69 Å².